The van der Waals surface area contributed by atoms with Crippen LogP contribution in [0.2, 0.25) is 0 Å². The van der Waals surface area contributed by atoms with Crippen LogP contribution in [0.15, 0.2) is 24.3 Å². The average molecular weight is 263 g/mol. The fourth-order valence-electron chi connectivity index (χ4n) is 2.53. The fourth-order valence-corrected chi connectivity index (χ4v) is 2.53. The van der Waals surface area contributed by atoms with Gasteiger partial charge in [-0.2, -0.15) is 0 Å². The SMILES string of the molecule is CC(=O)c1ccccc1N1CCC(OCCO)CC1. The van der Waals surface area contributed by atoms with Crippen LogP contribution in [0.3, 0.4) is 0 Å². The zero-order valence-corrected chi connectivity index (χ0v) is 11.3. The van der Waals surface area contributed by atoms with Crippen LogP contribution in [-0.2, 0) is 4.74 Å². The van der Waals surface area contributed by atoms with Gasteiger partial charge >= 0.3 is 0 Å². The van der Waals surface area contributed by atoms with Crippen LogP contribution in [0.25, 0.3) is 0 Å². The summed E-state index contributed by atoms with van der Waals surface area (Å²) in [5.74, 6) is 0.106. The Morgan fingerprint density at radius 3 is 2.68 bits per heavy atom. The number of nitrogens with zero attached hydrogens (tertiary/aromatic N) is 1. The van der Waals surface area contributed by atoms with Gasteiger partial charge in [0, 0.05) is 24.3 Å². The Hall–Kier alpha value is -1.39. The number of benzene rings is 1. The maximum atomic E-state index is 11.6. The molecule has 1 aliphatic heterocycles. The minimum atomic E-state index is 0.0768. The van der Waals surface area contributed by atoms with E-state index in [1.165, 1.54) is 0 Å². The molecule has 0 amide bonds. The van der Waals surface area contributed by atoms with Crippen molar-refractivity contribution in [1.82, 2.24) is 0 Å². The first-order valence-corrected chi connectivity index (χ1v) is 6.79. The predicted octanol–water partition coefficient (Wildman–Crippen LogP) is 1.87. The van der Waals surface area contributed by atoms with Crippen LogP contribution in [0.5, 0.6) is 0 Å². The van der Waals surface area contributed by atoms with Gasteiger partial charge in [0.2, 0.25) is 0 Å². The van der Waals surface area contributed by atoms with Gasteiger partial charge in [0.15, 0.2) is 5.78 Å². The number of hydrogen-bond donors (Lipinski definition) is 1. The quantitative estimate of drug-likeness (QED) is 0.824. The van der Waals surface area contributed by atoms with E-state index >= 15 is 0 Å². The van der Waals surface area contributed by atoms with E-state index < -0.39 is 0 Å². The second-order valence-electron chi connectivity index (χ2n) is 4.85. The summed E-state index contributed by atoms with van der Waals surface area (Å²) in [4.78, 5) is 13.9. The van der Waals surface area contributed by atoms with E-state index in [2.05, 4.69) is 4.90 Å². The lowest BCUT2D eigenvalue weighted by molar-refractivity contribution is 0.0159. The summed E-state index contributed by atoms with van der Waals surface area (Å²) in [6.45, 7) is 3.87. The zero-order chi connectivity index (χ0) is 13.7. The summed E-state index contributed by atoms with van der Waals surface area (Å²) in [7, 11) is 0. The highest BCUT2D eigenvalue weighted by atomic mass is 16.5. The number of carbonyl (C=O) groups excluding carboxylic acids is 1. The number of hydrogen-bond acceptors (Lipinski definition) is 4. The van der Waals surface area contributed by atoms with Crippen molar-refractivity contribution in [3.8, 4) is 0 Å². The van der Waals surface area contributed by atoms with Crippen molar-refractivity contribution < 1.29 is 14.6 Å². The molecule has 1 aromatic carbocycles. The van der Waals surface area contributed by atoms with Gasteiger partial charge in [-0.05, 0) is 31.9 Å². The van der Waals surface area contributed by atoms with E-state index in [1.54, 1.807) is 6.92 Å². The molecule has 0 spiro atoms. The topological polar surface area (TPSA) is 49.8 Å². The van der Waals surface area contributed by atoms with Gasteiger partial charge in [0.25, 0.3) is 0 Å². The molecular formula is C15H21NO3. The smallest absolute Gasteiger partial charge is 0.161 e. The summed E-state index contributed by atoms with van der Waals surface area (Å²) in [5, 5.41) is 8.75. The molecule has 0 radical (unpaired) electrons. The number of anilines is 1. The molecule has 1 fully saturated rings. The Kier molecular flexibility index (Phi) is 4.93. The van der Waals surface area contributed by atoms with E-state index in [9.17, 15) is 4.79 Å². The highest BCUT2D eigenvalue weighted by molar-refractivity contribution is 5.99. The lowest BCUT2D eigenvalue weighted by atomic mass is 10.0. The molecule has 0 aliphatic carbocycles. The molecule has 4 heteroatoms. The number of Topliss-reactive ketones (excluding diaryl/α,β-unsaturated/α-hetero) is 1. The van der Waals surface area contributed by atoms with Crippen LogP contribution < -0.4 is 4.90 Å². The Balaban J connectivity index is 2.00. The predicted molar refractivity (Wildman–Crippen MR) is 74.7 cm³/mol. The molecule has 0 unspecified atom stereocenters. The fraction of sp³-hybridized carbons (Fsp3) is 0.533. The van der Waals surface area contributed by atoms with Crippen LogP contribution >= 0.6 is 0 Å². The third kappa shape index (κ3) is 3.55. The standard InChI is InChI=1S/C15H21NO3/c1-12(18)14-4-2-3-5-15(14)16-8-6-13(7-9-16)19-11-10-17/h2-5,13,17H,6-11H2,1H3. The van der Waals surface area contributed by atoms with Gasteiger partial charge in [-0.3, -0.25) is 4.79 Å². The molecule has 0 atom stereocenters. The van der Waals surface area contributed by atoms with Gasteiger partial charge in [-0.25, -0.2) is 0 Å². The summed E-state index contributed by atoms with van der Waals surface area (Å²) in [6.07, 6.45) is 2.10. The van der Waals surface area contributed by atoms with E-state index in [4.69, 9.17) is 9.84 Å². The van der Waals surface area contributed by atoms with E-state index in [0.29, 0.717) is 6.61 Å². The summed E-state index contributed by atoms with van der Waals surface area (Å²) < 4.78 is 5.55. The van der Waals surface area contributed by atoms with Crippen molar-refractivity contribution >= 4 is 11.5 Å². The van der Waals surface area contributed by atoms with E-state index in [0.717, 1.165) is 37.2 Å². The number of piperidine rings is 1. The zero-order valence-electron chi connectivity index (χ0n) is 11.3. The van der Waals surface area contributed by atoms with Gasteiger partial charge in [0.05, 0.1) is 19.3 Å². The van der Waals surface area contributed by atoms with Crippen LogP contribution in [-0.4, -0.2) is 43.3 Å². The highest BCUT2D eigenvalue weighted by Gasteiger charge is 2.21. The number of carbonyl (C=O) groups is 1. The van der Waals surface area contributed by atoms with E-state index in [-0.39, 0.29) is 18.5 Å². The van der Waals surface area contributed by atoms with E-state index in [1.807, 2.05) is 24.3 Å². The Bertz CT molecular complexity index is 425. The van der Waals surface area contributed by atoms with Crippen molar-refractivity contribution in [3.05, 3.63) is 29.8 Å². The molecule has 19 heavy (non-hydrogen) atoms. The molecule has 2 rings (SSSR count). The second-order valence-corrected chi connectivity index (χ2v) is 4.85. The van der Waals surface area contributed by atoms with Crippen molar-refractivity contribution in [2.24, 2.45) is 0 Å². The molecule has 0 aromatic heterocycles. The van der Waals surface area contributed by atoms with Crippen LogP contribution in [0, 0.1) is 0 Å². The number of aliphatic hydroxyl groups excluding tert-OH is 1. The Morgan fingerprint density at radius 1 is 1.37 bits per heavy atom. The van der Waals surface area contributed by atoms with Crippen molar-refractivity contribution in [2.75, 3.05) is 31.2 Å². The second kappa shape index (κ2) is 6.68. The number of rotatable bonds is 5. The molecule has 0 saturated carbocycles. The lowest BCUT2D eigenvalue weighted by Gasteiger charge is -2.34. The Labute approximate surface area is 114 Å². The molecule has 1 aromatic rings. The van der Waals surface area contributed by atoms with Crippen LogP contribution in [0.1, 0.15) is 30.1 Å². The first kappa shape index (κ1) is 14.0. The largest absolute Gasteiger partial charge is 0.394 e. The monoisotopic (exact) mass is 263 g/mol. The van der Waals surface area contributed by atoms with Crippen molar-refractivity contribution in [1.29, 1.82) is 0 Å². The first-order valence-electron chi connectivity index (χ1n) is 6.79. The highest BCUT2D eigenvalue weighted by Crippen LogP contribution is 2.25. The summed E-state index contributed by atoms with van der Waals surface area (Å²) >= 11 is 0. The number of ether oxygens (including phenoxy) is 1. The molecular weight excluding hydrogens is 242 g/mol. The average Bonchev–Trinajstić information content (AvgIpc) is 2.45. The van der Waals surface area contributed by atoms with Gasteiger partial charge in [-0.15, -0.1) is 0 Å². The van der Waals surface area contributed by atoms with Gasteiger partial charge in [-0.1, -0.05) is 12.1 Å². The molecule has 0 bridgehead atoms. The number of para-hydroxylation sites is 1. The lowest BCUT2D eigenvalue weighted by Crippen LogP contribution is -2.38. The molecule has 4 nitrogen and oxygen atoms in total. The van der Waals surface area contributed by atoms with Crippen LogP contribution in [0.4, 0.5) is 5.69 Å². The maximum Gasteiger partial charge on any atom is 0.161 e. The minimum Gasteiger partial charge on any atom is -0.394 e. The molecule has 1 saturated heterocycles. The molecule has 1 heterocycles. The minimum absolute atomic E-state index is 0.0768. The summed E-state index contributed by atoms with van der Waals surface area (Å²) in [5.41, 5.74) is 1.81. The van der Waals surface area contributed by atoms with Gasteiger partial charge in [0.1, 0.15) is 0 Å². The molecule has 1 aliphatic rings. The van der Waals surface area contributed by atoms with Crippen molar-refractivity contribution in [3.63, 3.8) is 0 Å². The summed E-state index contributed by atoms with van der Waals surface area (Å²) in [6, 6.07) is 7.76. The van der Waals surface area contributed by atoms with Crippen molar-refractivity contribution in [2.45, 2.75) is 25.9 Å². The third-order valence-corrected chi connectivity index (χ3v) is 3.51. The number of ketones is 1. The molecule has 1 N–H and O–H groups in total. The maximum absolute atomic E-state index is 11.6. The third-order valence-electron chi connectivity index (χ3n) is 3.51. The number of aliphatic hydroxyl groups is 1. The normalized spacial score (nSPS) is 16.6. The van der Waals surface area contributed by atoms with Gasteiger partial charge < -0.3 is 14.7 Å². The first-order chi connectivity index (χ1) is 9.22. The Morgan fingerprint density at radius 2 is 2.05 bits per heavy atom. The molecule has 104 valence electrons.